The fourth-order valence-corrected chi connectivity index (χ4v) is 2.49. The van der Waals surface area contributed by atoms with Crippen LogP contribution in [0.2, 0.25) is 5.02 Å². The number of hydrogen-bond donors (Lipinski definition) is 1. The van der Waals surface area contributed by atoms with E-state index in [2.05, 4.69) is 5.32 Å². The van der Waals surface area contributed by atoms with Crippen LogP contribution in [-0.2, 0) is 11.3 Å². The van der Waals surface area contributed by atoms with Crippen LogP contribution in [0.25, 0.3) is 0 Å². The Morgan fingerprint density at radius 3 is 2.79 bits per heavy atom. The van der Waals surface area contributed by atoms with Gasteiger partial charge in [0.25, 0.3) is 0 Å². The first-order valence-corrected chi connectivity index (χ1v) is 6.85. The molecule has 2 rings (SSSR count). The van der Waals surface area contributed by atoms with E-state index in [0.717, 1.165) is 30.0 Å². The predicted octanol–water partition coefficient (Wildman–Crippen LogP) is 2.86. The molecule has 1 N–H and O–H groups in total. The summed E-state index contributed by atoms with van der Waals surface area (Å²) < 4.78 is 0. The first kappa shape index (κ1) is 16.3. The van der Waals surface area contributed by atoms with E-state index in [1.54, 1.807) is 0 Å². The Morgan fingerprint density at radius 2 is 2.21 bits per heavy atom. The summed E-state index contributed by atoms with van der Waals surface area (Å²) in [6, 6.07) is 7.69. The number of halogens is 2. The minimum absolute atomic E-state index is 0. The quantitative estimate of drug-likeness (QED) is 0.927. The summed E-state index contributed by atoms with van der Waals surface area (Å²) in [5.74, 6) is 0.190. The Morgan fingerprint density at radius 1 is 1.47 bits per heavy atom. The van der Waals surface area contributed by atoms with Crippen molar-refractivity contribution < 1.29 is 4.79 Å². The molecule has 3 nitrogen and oxygen atoms in total. The van der Waals surface area contributed by atoms with Crippen molar-refractivity contribution in [2.75, 3.05) is 13.1 Å². The lowest BCUT2D eigenvalue weighted by Gasteiger charge is -2.24. The minimum Gasteiger partial charge on any atom is -0.337 e. The zero-order valence-electron chi connectivity index (χ0n) is 11.1. The van der Waals surface area contributed by atoms with Gasteiger partial charge in [0, 0.05) is 18.1 Å². The summed E-state index contributed by atoms with van der Waals surface area (Å²) in [6.45, 7) is 4.25. The summed E-state index contributed by atoms with van der Waals surface area (Å²) in [7, 11) is 0. The zero-order chi connectivity index (χ0) is 13.0. The number of carbonyl (C=O) groups is 1. The van der Waals surface area contributed by atoms with Gasteiger partial charge in [-0.1, -0.05) is 29.8 Å². The number of carbonyl (C=O) groups excluding carboxylic acids is 1. The van der Waals surface area contributed by atoms with Gasteiger partial charge in [-0.15, -0.1) is 12.4 Å². The second-order valence-electron chi connectivity index (χ2n) is 4.59. The topological polar surface area (TPSA) is 32.3 Å². The highest BCUT2D eigenvalue weighted by molar-refractivity contribution is 6.31. The van der Waals surface area contributed by atoms with Crippen LogP contribution in [0.4, 0.5) is 0 Å². The van der Waals surface area contributed by atoms with Crippen LogP contribution in [0, 0.1) is 0 Å². The molecule has 0 bridgehead atoms. The summed E-state index contributed by atoms with van der Waals surface area (Å²) in [4.78, 5) is 14.2. The largest absolute Gasteiger partial charge is 0.337 e. The van der Waals surface area contributed by atoms with E-state index in [4.69, 9.17) is 11.6 Å². The number of hydrogen-bond acceptors (Lipinski definition) is 2. The highest BCUT2D eigenvalue weighted by Crippen LogP contribution is 2.18. The highest BCUT2D eigenvalue weighted by Gasteiger charge is 2.26. The van der Waals surface area contributed by atoms with Gasteiger partial charge in [0.05, 0.1) is 6.04 Å². The molecule has 0 radical (unpaired) electrons. The second-order valence-corrected chi connectivity index (χ2v) is 5.00. The van der Waals surface area contributed by atoms with Crippen molar-refractivity contribution in [3.05, 3.63) is 34.9 Å². The van der Waals surface area contributed by atoms with Crippen LogP contribution < -0.4 is 5.32 Å². The Bertz CT molecular complexity index is 420. The lowest BCUT2D eigenvalue weighted by atomic mass is 10.1. The van der Waals surface area contributed by atoms with Gasteiger partial charge in [-0.05, 0) is 37.9 Å². The van der Waals surface area contributed by atoms with Crippen molar-refractivity contribution in [2.45, 2.75) is 32.4 Å². The third-order valence-electron chi connectivity index (χ3n) is 3.37. The molecule has 1 aromatic carbocycles. The summed E-state index contributed by atoms with van der Waals surface area (Å²) in [5, 5.41) is 3.97. The van der Waals surface area contributed by atoms with E-state index in [1.165, 1.54) is 0 Å². The van der Waals surface area contributed by atoms with Crippen LogP contribution in [0.3, 0.4) is 0 Å². The molecule has 0 unspecified atom stereocenters. The molecule has 1 aromatic rings. The molecule has 0 spiro atoms. The van der Waals surface area contributed by atoms with Gasteiger partial charge in [0.15, 0.2) is 0 Å². The van der Waals surface area contributed by atoms with Crippen molar-refractivity contribution in [1.82, 2.24) is 10.2 Å². The van der Waals surface area contributed by atoms with Gasteiger partial charge in [0.1, 0.15) is 0 Å². The Hall–Kier alpha value is -0.770. The van der Waals surface area contributed by atoms with E-state index >= 15 is 0 Å². The molecular weight excluding hydrogens is 283 g/mol. The van der Waals surface area contributed by atoms with Gasteiger partial charge in [0.2, 0.25) is 5.91 Å². The van der Waals surface area contributed by atoms with E-state index in [0.29, 0.717) is 13.1 Å². The molecule has 19 heavy (non-hydrogen) atoms. The van der Waals surface area contributed by atoms with E-state index < -0.39 is 0 Å². The fraction of sp³-hybridized carbons (Fsp3) is 0.500. The van der Waals surface area contributed by atoms with Gasteiger partial charge >= 0.3 is 0 Å². The lowest BCUT2D eigenvalue weighted by Crippen LogP contribution is -2.43. The maximum Gasteiger partial charge on any atom is 0.239 e. The van der Waals surface area contributed by atoms with Crippen molar-refractivity contribution in [2.24, 2.45) is 0 Å². The summed E-state index contributed by atoms with van der Waals surface area (Å²) in [5.41, 5.74) is 1.01. The molecule has 1 saturated heterocycles. The monoisotopic (exact) mass is 302 g/mol. The molecule has 0 saturated carbocycles. The third kappa shape index (κ3) is 4.10. The molecule has 1 aliphatic heterocycles. The first-order valence-electron chi connectivity index (χ1n) is 6.48. The molecule has 0 aliphatic carbocycles. The van der Waals surface area contributed by atoms with Gasteiger partial charge < -0.3 is 10.2 Å². The van der Waals surface area contributed by atoms with Crippen LogP contribution in [0.5, 0.6) is 0 Å². The van der Waals surface area contributed by atoms with Crippen LogP contribution >= 0.6 is 24.0 Å². The standard InChI is InChI=1S/C14H19ClN2O.ClH/c1-2-17(14(18)13-8-5-9-16-13)10-11-6-3-4-7-12(11)15;/h3-4,6-7,13,16H,2,5,8-10H2,1H3;1H/t13-;/m0./s1. The van der Waals surface area contributed by atoms with Gasteiger partial charge in [-0.25, -0.2) is 0 Å². The van der Waals surface area contributed by atoms with Crippen LogP contribution in [-0.4, -0.2) is 29.9 Å². The molecule has 5 heteroatoms. The molecule has 0 aromatic heterocycles. The maximum atomic E-state index is 12.3. The van der Waals surface area contributed by atoms with Crippen molar-refractivity contribution in [3.8, 4) is 0 Å². The smallest absolute Gasteiger partial charge is 0.239 e. The number of rotatable bonds is 4. The van der Waals surface area contributed by atoms with Crippen molar-refractivity contribution in [3.63, 3.8) is 0 Å². The average Bonchev–Trinajstić information content (AvgIpc) is 2.91. The van der Waals surface area contributed by atoms with E-state index in [1.807, 2.05) is 36.1 Å². The number of likely N-dealkylation sites (N-methyl/N-ethyl adjacent to an activating group) is 1. The minimum atomic E-state index is -0.00700. The SMILES string of the molecule is CCN(Cc1ccccc1Cl)C(=O)[C@@H]1CCCN1.Cl. The Labute approximate surface area is 125 Å². The Kier molecular flexibility index (Phi) is 6.63. The molecule has 1 heterocycles. The number of amides is 1. The molecule has 1 amide bonds. The van der Waals surface area contributed by atoms with Crippen molar-refractivity contribution >= 4 is 29.9 Å². The average molecular weight is 303 g/mol. The highest BCUT2D eigenvalue weighted by atomic mass is 35.5. The number of benzene rings is 1. The van der Waals surface area contributed by atoms with Gasteiger partial charge in [-0.3, -0.25) is 4.79 Å². The zero-order valence-corrected chi connectivity index (χ0v) is 12.6. The van der Waals surface area contributed by atoms with Gasteiger partial charge in [-0.2, -0.15) is 0 Å². The van der Waals surface area contributed by atoms with E-state index in [9.17, 15) is 4.79 Å². The first-order chi connectivity index (χ1) is 8.72. The molecule has 1 atom stereocenters. The Balaban J connectivity index is 0.00000180. The maximum absolute atomic E-state index is 12.3. The number of nitrogens with zero attached hydrogens (tertiary/aromatic N) is 1. The molecule has 1 aliphatic rings. The van der Waals surface area contributed by atoms with Crippen LogP contribution in [0.15, 0.2) is 24.3 Å². The lowest BCUT2D eigenvalue weighted by molar-refractivity contribution is -0.133. The molecule has 106 valence electrons. The molecular formula is C14H20Cl2N2O. The predicted molar refractivity (Wildman–Crippen MR) is 80.8 cm³/mol. The summed E-state index contributed by atoms with van der Waals surface area (Å²) in [6.07, 6.45) is 2.03. The summed E-state index contributed by atoms with van der Waals surface area (Å²) >= 11 is 6.14. The number of nitrogens with one attached hydrogen (secondary N) is 1. The second kappa shape index (κ2) is 7.73. The fourth-order valence-electron chi connectivity index (χ4n) is 2.29. The molecule has 1 fully saturated rings. The van der Waals surface area contributed by atoms with Crippen LogP contribution in [0.1, 0.15) is 25.3 Å². The third-order valence-corrected chi connectivity index (χ3v) is 3.74. The van der Waals surface area contributed by atoms with E-state index in [-0.39, 0.29) is 24.4 Å². The van der Waals surface area contributed by atoms with Crippen molar-refractivity contribution in [1.29, 1.82) is 0 Å². The normalized spacial score (nSPS) is 17.9.